The van der Waals surface area contributed by atoms with E-state index in [0.29, 0.717) is 33.8 Å². The van der Waals surface area contributed by atoms with E-state index < -0.39 is 43.7 Å². The zero-order chi connectivity index (χ0) is 36.5. The zero-order valence-corrected chi connectivity index (χ0v) is 28.1. The number of methoxy groups -OCH3 is 1. The van der Waals surface area contributed by atoms with Crippen molar-refractivity contribution in [2.45, 2.75) is 39.5 Å². The summed E-state index contributed by atoms with van der Waals surface area (Å²) in [6, 6.07) is 18.8. The van der Waals surface area contributed by atoms with Gasteiger partial charge in [-0.3, -0.25) is 24.0 Å². The number of carbonyl (C=O) groups excluding carboxylic acids is 2. The number of carbonyl (C=O) groups is 2. The van der Waals surface area contributed by atoms with Crippen LogP contribution in [0.2, 0.25) is 0 Å². The van der Waals surface area contributed by atoms with Gasteiger partial charge >= 0.3 is 14.2 Å². The van der Waals surface area contributed by atoms with Crippen molar-refractivity contribution in [1.29, 1.82) is 0 Å². The summed E-state index contributed by atoms with van der Waals surface area (Å²) < 4.78 is 46.3. The molecule has 0 aliphatic rings. The first-order valence-corrected chi connectivity index (χ1v) is 16.0. The highest BCUT2D eigenvalue weighted by molar-refractivity contribution is 7.30. The number of benzene rings is 3. The van der Waals surface area contributed by atoms with E-state index in [4.69, 9.17) is 34.7 Å². The Kier molecular flexibility index (Phi) is 12.5. The lowest BCUT2D eigenvalue weighted by Gasteiger charge is -2.19. The van der Waals surface area contributed by atoms with Crippen molar-refractivity contribution in [3.8, 4) is 22.9 Å². The minimum Gasteiger partial charge on any atom is -0.565 e. The van der Waals surface area contributed by atoms with Gasteiger partial charge in [0, 0.05) is 35.5 Å². The molecule has 2 aromatic heterocycles. The van der Waals surface area contributed by atoms with E-state index in [1.165, 1.54) is 23.7 Å². The number of hydrogen-bond donors (Lipinski definition) is 3. The van der Waals surface area contributed by atoms with E-state index in [-0.39, 0.29) is 25.0 Å². The van der Waals surface area contributed by atoms with Crippen molar-refractivity contribution in [3.63, 3.8) is 0 Å². The Morgan fingerprint density at radius 2 is 1.80 bits per heavy atom. The van der Waals surface area contributed by atoms with Gasteiger partial charge in [0.25, 0.3) is 11.5 Å². The Labute approximate surface area is 286 Å². The van der Waals surface area contributed by atoms with Crippen LogP contribution >= 0.6 is 8.25 Å². The summed E-state index contributed by atoms with van der Waals surface area (Å²) in [4.78, 5) is 52.5. The quantitative estimate of drug-likeness (QED) is 0.0737. The van der Waals surface area contributed by atoms with Gasteiger partial charge in [0.05, 0.1) is 30.6 Å². The summed E-state index contributed by atoms with van der Waals surface area (Å²) in [5, 5.41) is 10.3. The minimum absolute atomic E-state index is 0. The number of esters is 1. The normalized spacial score (nSPS) is 12.3. The molecule has 0 aliphatic carbocycles. The second kappa shape index (κ2) is 16.7. The van der Waals surface area contributed by atoms with Crippen molar-refractivity contribution >= 4 is 36.7 Å². The summed E-state index contributed by atoms with van der Waals surface area (Å²) in [5.74, 6) is -1.11. The van der Waals surface area contributed by atoms with Gasteiger partial charge in [-0.1, -0.05) is 18.2 Å². The van der Waals surface area contributed by atoms with Crippen LogP contribution in [0.1, 0.15) is 31.3 Å². The smallest absolute Gasteiger partial charge is 0.521 e. The molecule has 0 aliphatic heterocycles. The number of aromatic nitrogens is 3. The number of amides is 1. The second-order valence-corrected chi connectivity index (χ2v) is 11.3. The third-order valence-corrected chi connectivity index (χ3v) is 7.26. The monoisotopic (exact) mass is 711 g/mol. The minimum atomic E-state index is -3.04. The molecule has 5 aromatic rings. The highest BCUT2D eigenvalue weighted by atomic mass is 31.1. The van der Waals surface area contributed by atoms with Crippen LogP contribution in [0.4, 0.5) is 10.1 Å². The molecular formula is C33H35FN5O10P. The predicted octanol–water partition coefficient (Wildman–Crippen LogP) is 4.71. The topological polar surface area (TPSA) is 209 Å². The molecule has 0 radical (unpaired) electrons. The molecule has 264 valence electrons. The number of halogens is 1. The average molecular weight is 712 g/mol. The molecule has 50 heavy (non-hydrogen) atoms. The van der Waals surface area contributed by atoms with Crippen LogP contribution in [-0.2, 0) is 25.3 Å². The molecule has 3 atom stereocenters. The fraction of sp³-hybridized carbons (Fsp3) is 0.212. The average Bonchev–Trinajstić information content (AvgIpc) is 3.34. The molecule has 0 fully saturated rings. The van der Waals surface area contributed by atoms with Gasteiger partial charge < -0.3 is 30.2 Å². The number of rotatable bonds is 11. The Balaban J connectivity index is 0.00000109. The Morgan fingerprint density at radius 3 is 2.42 bits per heavy atom. The number of anilines is 1. The molecule has 3 aromatic carbocycles. The molecule has 0 saturated carbocycles. The predicted molar refractivity (Wildman–Crippen MR) is 180 cm³/mol. The van der Waals surface area contributed by atoms with Gasteiger partial charge in [-0.2, -0.15) is 0 Å². The molecule has 0 bridgehead atoms. The van der Waals surface area contributed by atoms with Crippen LogP contribution < -0.4 is 31.0 Å². The van der Waals surface area contributed by atoms with Crippen molar-refractivity contribution in [1.82, 2.24) is 14.3 Å². The Morgan fingerprint density at radius 1 is 1.10 bits per heavy atom. The maximum atomic E-state index is 15.2. The lowest BCUT2D eigenvalue weighted by atomic mass is 10.2. The van der Waals surface area contributed by atoms with E-state index in [2.05, 4.69) is 15.0 Å². The number of para-hydroxylation sites is 1. The standard InChI is InChI=1S/C33H32FN5O6.HO4P.H2/c1-19(44-33(42)20(2)35)18-38-21(3)30(32(41)39(38)23-8-6-5-7-9-23)31(40)37-22-10-13-29(26(34)16-22)45-28-14-15-36-27-17-24(43-4)11-12-25(27)28;1-4-5(2)3;/h5-17,19-20H,18,35H2,1-4H3,(H,37,40);1H;1H/t19-,20+;;/m1../s1. The number of hydrogen-bond acceptors (Lipinski definition) is 12. The first kappa shape index (κ1) is 37.3. The fourth-order valence-corrected chi connectivity index (χ4v) is 4.83. The Hall–Kier alpha value is -5.51. The van der Waals surface area contributed by atoms with Gasteiger partial charge in [-0.25, -0.2) is 14.3 Å². The third-order valence-electron chi connectivity index (χ3n) is 7.13. The SMILES string of the molecule is COc1ccc2c(Oc3ccc(NC(=O)c4c(C)n(C[C@@H](C)OC(=O)[C@H](C)N)n(-c5ccccc5)c4=O)cc3F)ccnc2c1.O=[P+]([O-])OO.[HH]. The molecular weight excluding hydrogens is 676 g/mol. The van der Waals surface area contributed by atoms with Crippen molar-refractivity contribution in [2.24, 2.45) is 5.73 Å². The molecule has 0 spiro atoms. The van der Waals surface area contributed by atoms with Crippen molar-refractivity contribution in [2.75, 3.05) is 12.4 Å². The van der Waals surface area contributed by atoms with Gasteiger partial charge in [0.15, 0.2) is 11.6 Å². The lowest BCUT2D eigenvalue weighted by molar-refractivity contribution is -0.244. The summed E-state index contributed by atoms with van der Waals surface area (Å²) in [6.07, 6.45) is 0.880. The highest BCUT2D eigenvalue weighted by Gasteiger charge is 2.26. The fourth-order valence-electron chi connectivity index (χ4n) is 4.83. The first-order valence-electron chi connectivity index (χ1n) is 14.9. The van der Waals surface area contributed by atoms with E-state index >= 15 is 4.39 Å². The largest absolute Gasteiger partial charge is 0.565 e. The second-order valence-electron chi connectivity index (χ2n) is 10.7. The van der Waals surface area contributed by atoms with Gasteiger partial charge in [0.2, 0.25) is 0 Å². The van der Waals surface area contributed by atoms with E-state index in [9.17, 15) is 14.4 Å². The molecule has 0 saturated heterocycles. The maximum absolute atomic E-state index is 15.2. The number of pyridine rings is 1. The number of nitrogens with one attached hydrogen (secondary N) is 1. The Bertz CT molecular complexity index is 2080. The number of nitrogens with two attached hydrogens (primary N) is 1. The molecule has 1 unspecified atom stereocenters. The maximum Gasteiger partial charge on any atom is 0.521 e. The zero-order valence-electron chi connectivity index (χ0n) is 27.2. The molecule has 1 amide bonds. The number of fused-ring (bicyclic) bond motifs is 1. The molecule has 4 N–H and O–H groups in total. The van der Waals surface area contributed by atoms with E-state index in [0.717, 1.165) is 6.07 Å². The van der Waals surface area contributed by atoms with Gasteiger partial charge in [0.1, 0.15) is 29.2 Å². The van der Waals surface area contributed by atoms with Crippen LogP contribution in [0, 0.1) is 12.7 Å². The first-order chi connectivity index (χ1) is 23.8. The van der Waals surface area contributed by atoms with Crippen LogP contribution in [0.3, 0.4) is 0 Å². The lowest BCUT2D eigenvalue weighted by Crippen LogP contribution is -2.34. The van der Waals surface area contributed by atoms with E-state index in [1.807, 2.05) is 0 Å². The van der Waals surface area contributed by atoms with Crippen LogP contribution in [0.15, 0.2) is 83.8 Å². The van der Waals surface area contributed by atoms with Crippen LogP contribution in [0.5, 0.6) is 17.2 Å². The van der Waals surface area contributed by atoms with Gasteiger partial charge in [-0.05, 0) is 67.8 Å². The number of ether oxygens (including phenoxy) is 3. The summed E-state index contributed by atoms with van der Waals surface area (Å²) in [7, 11) is -1.49. The molecule has 5 rings (SSSR count). The summed E-state index contributed by atoms with van der Waals surface area (Å²) in [6.45, 7) is 4.86. The summed E-state index contributed by atoms with van der Waals surface area (Å²) in [5.41, 5.74) is 6.45. The van der Waals surface area contributed by atoms with Gasteiger partial charge in [-0.15, -0.1) is 0 Å². The van der Waals surface area contributed by atoms with Crippen molar-refractivity contribution in [3.05, 3.63) is 106 Å². The molecule has 2 heterocycles. The summed E-state index contributed by atoms with van der Waals surface area (Å²) >= 11 is 0. The van der Waals surface area contributed by atoms with Crippen LogP contribution in [0.25, 0.3) is 16.6 Å². The molecule has 17 heteroatoms. The van der Waals surface area contributed by atoms with Crippen molar-refractivity contribution < 1.29 is 49.0 Å². The molecule has 15 nitrogen and oxygen atoms in total. The van der Waals surface area contributed by atoms with E-state index in [1.54, 1.807) is 86.4 Å². The van der Waals surface area contributed by atoms with Crippen LogP contribution in [-0.4, -0.2) is 50.7 Å². The third kappa shape index (κ3) is 8.93. The number of nitrogens with zero attached hydrogens (tertiary/aromatic N) is 3. The highest BCUT2D eigenvalue weighted by Crippen LogP contribution is 2.33.